The molecule has 0 atom stereocenters. The summed E-state index contributed by atoms with van der Waals surface area (Å²) in [5, 5.41) is 6.87. The summed E-state index contributed by atoms with van der Waals surface area (Å²) in [5.41, 5.74) is 2.07. The molecular formula is C19H21ClN2O3. The first-order valence-electron chi connectivity index (χ1n) is 8.35. The number of nitrogens with one attached hydrogen (secondary N) is 2. The highest BCUT2D eigenvalue weighted by Crippen LogP contribution is 2.32. The van der Waals surface area contributed by atoms with Crippen LogP contribution in [0.25, 0.3) is 0 Å². The Balaban J connectivity index is 1.35. The van der Waals surface area contributed by atoms with Crippen LogP contribution in [0.1, 0.15) is 12.0 Å². The molecule has 0 aliphatic carbocycles. The number of ether oxygens (including phenoxy) is 2. The van der Waals surface area contributed by atoms with Gasteiger partial charge in [-0.25, -0.2) is 0 Å². The van der Waals surface area contributed by atoms with E-state index in [1.165, 1.54) is 0 Å². The van der Waals surface area contributed by atoms with Crippen molar-refractivity contribution in [1.82, 2.24) is 5.32 Å². The maximum atomic E-state index is 11.9. The molecule has 1 aliphatic rings. The van der Waals surface area contributed by atoms with E-state index in [4.69, 9.17) is 21.1 Å². The van der Waals surface area contributed by atoms with Gasteiger partial charge in [0.15, 0.2) is 11.5 Å². The first-order chi connectivity index (χ1) is 12.2. The third-order valence-electron chi connectivity index (χ3n) is 3.87. The molecule has 0 saturated carbocycles. The second-order valence-corrected chi connectivity index (χ2v) is 6.20. The Hall–Kier alpha value is -2.40. The average molecular weight is 361 g/mol. The van der Waals surface area contributed by atoms with Crippen LogP contribution in [-0.2, 0) is 11.2 Å². The molecule has 0 fully saturated rings. The van der Waals surface area contributed by atoms with E-state index in [0.717, 1.165) is 34.2 Å². The van der Waals surface area contributed by atoms with Crippen molar-refractivity contribution in [1.29, 1.82) is 0 Å². The minimum Gasteiger partial charge on any atom is -0.486 e. The Morgan fingerprint density at radius 2 is 1.76 bits per heavy atom. The van der Waals surface area contributed by atoms with E-state index >= 15 is 0 Å². The minimum atomic E-state index is 0.0269. The summed E-state index contributed by atoms with van der Waals surface area (Å²) in [5.74, 6) is 1.53. The summed E-state index contributed by atoms with van der Waals surface area (Å²) in [7, 11) is 0. The largest absolute Gasteiger partial charge is 0.486 e. The summed E-state index contributed by atoms with van der Waals surface area (Å²) in [6.45, 7) is 2.32. The molecular weight excluding hydrogens is 340 g/mol. The predicted molar refractivity (Wildman–Crippen MR) is 98.7 cm³/mol. The Morgan fingerprint density at radius 1 is 1.00 bits per heavy atom. The van der Waals surface area contributed by atoms with Crippen LogP contribution >= 0.6 is 11.6 Å². The topological polar surface area (TPSA) is 59.6 Å². The van der Waals surface area contributed by atoms with Gasteiger partial charge in [0.2, 0.25) is 5.91 Å². The molecule has 1 aliphatic heterocycles. The highest BCUT2D eigenvalue weighted by atomic mass is 35.5. The third kappa shape index (κ3) is 5.29. The molecule has 1 amide bonds. The molecule has 0 aromatic heterocycles. The lowest BCUT2D eigenvalue weighted by Gasteiger charge is -2.19. The lowest BCUT2D eigenvalue weighted by Crippen LogP contribution is -2.27. The SMILES string of the molecule is O=C(CCNc1ccc2c(c1)OCCO2)NCCc1ccc(Cl)cc1. The average Bonchev–Trinajstić information content (AvgIpc) is 2.63. The second kappa shape index (κ2) is 8.62. The normalized spacial score (nSPS) is 12.5. The molecule has 2 aromatic rings. The number of carbonyl (C=O) groups is 1. The fraction of sp³-hybridized carbons (Fsp3) is 0.316. The number of anilines is 1. The standard InChI is InChI=1S/C19H21ClN2O3/c20-15-3-1-14(2-4-15)7-9-22-19(23)8-10-21-16-5-6-17-18(13-16)25-12-11-24-17/h1-6,13,21H,7-12H2,(H,22,23). The number of benzene rings is 2. The van der Waals surface area contributed by atoms with Crippen LogP contribution in [0.3, 0.4) is 0 Å². The number of rotatable bonds is 7. The number of carbonyl (C=O) groups excluding carboxylic acids is 1. The highest BCUT2D eigenvalue weighted by Gasteiger charge is 2.11. The monoisotopic (exact) mass is 360 g/mol. The molecule has 2 N–H and O–H groups in total. The van der Waals surface area contributed by atoms with Crippen LogP contribution in [0.5, 0.6) is 11.5 Å². The second-order valence-electron chi connectivity index (χ2n) is 5.76. The Morgan fingerprint density at radius 3 is 2.56 bits per heavy atom. The van der Waals surface area contributed by atoms with Gasteiger partial charge in [0, 0.05) is 36.3 Å². The van der Waals surface area contributed by atoms with Crippen molar-refractivity contribution in [2.24, 2.45) is 0 Å². The molecule has 0 saturated heterocycles. The van der Waals surface area contributed by atoms with Crippen molar-refractivity contribution in [3.8, 4) is 11.5 Å². The number of amides is 1. The molecule has 3 rings (SSSR count). The predicted octanol–water partition coefficient (Wildman–Crippen LogP) is 3.27. The lowest BCUT2D eigenvalue weighted by atomic mass is 10.1. The summed E-state index contributed by atoms with van der Waals surface area (Å²) < 4.78 is 11.0. The van der Waals surface area contributed by atoms with E-state index in [1.807, 2.05) is 42.5 Å². The fourth-order valence-corrected chi connectivity index (χ4v) is 2.69. The van der Waals surface area contributed by atoms with Gasteiger partial charge in [-0.2, -0.15) is 0 Å². The van der Waals surface area contributed by atoms with Crippen LogP contribution in [-0.4, -0.2) is 32.2 Å². The summed E-state index contributed by atoms with van der Waals surface area (Å²) >= 11 is 5.85. The van der Waals surface area contributed by atoms with Crippen molar-refractivity contribution in [2.45, 2.75) is 12.8 Å². The Labute approximate surface area is 152 Å². The van der Waals surface area contributed by atoms with Gasteiger partial charge < -0.3 is 20.1 Å². The summed E-state index contributed by atoms with van der Waals surface area (Å²) in [6.07, 6.45) is 1.20. The van der Waals surface area contributed by atoms with Gasteiger partial charge in [0.05, 0.1) is 0 Å². The molecule has 0 spiro atoms. The number of fused-ring (bicyclic) bond motifs is 1. The van der Waals surface area contributed by atoms with Gasteiger partial charge in [0.1, 0.15) is 13.2 Å². The lowest BCUT2D eigenvalue weighted by molar-refractivity contribution is -0.120. The van der Waals surface area contributed by atoms with Crippen molar-refractivity contribution in [2.75, 3.05) is 31.6 Å². The van der Waals surface area contributed by atoms with Crippen LogP contribution in [0.15, 0.2) is 42.5 Å². The van der Waals surface area contributed by atoms with Crippen molar-refractivity contribution >= 4 is 23.2 Å². The number of halogens is 1. The van der Waals surface area contributed by atoms with E-state index in [9.17, 15) is 4.79 Å². The zero-order chi connectivity index (χ0) is 17.5. The van der Waals surface area contributed by atoms with Gasteiger partial charge >= 0.3 is 0 Å². The smallest absolute Gasteiger partial charge is 0.221 e. The quantitative estimate of drug-likeness (QED) is 0.795. The maximum absolute atomic E-state index is 11.9. The molecule has 6 heteroatoms. The van der Waals surface area contributed by atoms with Crippen molar-refractivity contribution in [3.63, 3.8) is 0 Å². The molecule has 0 unspecified atom stereocenters. The number of hydrogen-bond donors (Lipinski definition) is 2. The van der Waals surface area contributed by atoms with Crippen LogP contribution in [0.2, 0.25) is 5.02 Å². The van der Waals surface area contributed by atoms with E-state index in [1.54, 1.807) is 0 Å². The van der Waals surface area contributed by atoms with Crippen molar-refractivity contribution < 1.29 is 14.3 Å². The van der Waals surface area contributed by atoms with E-state index in [-0.39, 0.29) is 5.91 Å². The van der Waals surface area contributed by atoms with E-state index in [2.05, 4.69) is 10.6 Å². The van der Waals surface area contributed by atoms with Crippen LogP contribution in [0, 0.1) is 0 Å². The Kier molecular flexibility index (Phi) is 6.01. The highest BCUT2D eigenvalue weighted by molar-refractivity contribution is 6.30. The molecule has 25 heavy (non-hydrogen) atoms. The van der Waals surface area contributed by atoms with Crippen LogP contribution in [0.4, 0.5) is 5.69 Å². The zero-order valence-corrected chi connectivity index (χ0v) is 14.6. The molecule has 5 nitrogen and oxygen atoms in total. The van der Waals surface area contributed by atoms with Gasteiger partial charge in [-0.05, 0) is 36.2 Å². The molecule has 2 aromatic carbocycles. The molecule has 0 bridgehead atoms. The van der Waals surface area contributed by atoms with E-state index < -0.39 is 0 Å². The minimum absolute atomic E-state index is 0.0269. The van der Waals surface area contributed by atoms with Crippen molar-refractivity contribution in [3.05, 3.63) is 53.1 Å². The van der Waals surface area contributed by atoms with Gasteiger partial charge in [-0.3, -0.25) is 4.79 Å². The summed E-state index contributed by atoms with van der Waals surface area (Å²) in [6, 6.07) is 13.4. The molecule has 0 radical (unpaired) electrons. The van der Waals surface area contributed by atoms with Gasteiger partial charge in [0.25, 0.3) is 0 Å². The number of hydrogen-bond acceptors (Lipinski definition) is 4. The maximum Gasteiger partial charge on any atom is 0.221 e. The first kappa shape index (κ1) is 17.4. The Bertz CT molecular complexity index is 719. The van der Waals surface area contributed by atoms with E-state index in [0.29, 0.717) is 32.7 Å². The van der Waals surface area contributed by atoms with Crippen LogP contribution < -0.4 is 20.1 Å². The zero-order valence-electron chi connectivity index (χ0n) is 13.9. The molecule has 132 valence electrons. The third-order valence-corrected chi connectivity index (χ3v) is 4.12. The summed E-state index contributed by atoms with van der Waals surface area (Å²) in [4.78, 5) is 11.9. The first-order valence-corrected chi connectivity index (χ1v) is 8.73. The molecule has 1 heterocycles. The van der Waals surface area contributed by atoms with Gasteiger partial charge in [-0.15, -0.1) is 0 Å². The van der Waals surface area contributed by atoms with Gasteiger partial charge in [-0.1, -0.05) is 23.7 Å². The fourth-order valence-electron chi connectivity index (χ4n) is 2.56.